The second kappa shape index (κ2) is 6.18. The molecule has 106 valence electrons. The summed E-state index contributed by atoms with van der Waals surface area (Å²) in [5, 5.41) is 2.86. The van der Waals surface area contributed by atoms with E-state index in [0.29, 0.717) is 24.5 Å². The minimum absolute atomic E-state index is 0.138. The topological polar surface area (TPSA) is 85.8 Å². The molecule has 0 atom stereocenters. The van der Waals surface area contributed by atoms with Crippen molar-refractivity contribution < 1.29 is 4.79 Å². The van der Waals surface area contributed by atoms with Crippen molar-refractivity contribution in [3.63, 3.8) is 0 Å². The molecule has 2 aromatic heterocycles. The van der Waals surface area contributed by atoms with E-state index in [-0.39, 0.29) is 11.8 Å². The number of nitrogen functional groups attached to an aromatic ring is 1. The van der Waals surface area contributed by atoms with E-state index in [1.165, 1.54) is 0 Å². The van der Waals surface area contributed by atoms with E-state index in [1.807, 2.05) is 24.6 Å². The molecule has 2 rings (SSSR count). The zero-order valence-corrected chi connectivity index (χ0v) is 11.7. The van der Waals surface area contributed by atoms with Crippen molar-refractivity contribution >= 4 is 11.7 Å². The Bertz CT molecular complexity index is 577. The van der Waals surface area contributed by atoms with Crippen LogP contribution in [0.25, 0.3) is 0 Å². The van der Waals surface area contributed by atoms with Gasteiger partial charge in [0.05, 0.1) is 6.33 Å². The molecule has 0 radical (unpaired) electrons. The number of hydrogen-bond acceptors (Lipinski definition) is 4. The standard InChI is InChI=1S/C14H19N5O/c1-10(2)12-7-11(8-13(15)18-12)14(20)17-4-6-19-5-3-16-9-19/h3,5,7-10H,4,6H2,1-2H3,(H2,15,18)(H,17,20). The highest BCUT2D eigenvalue weighted by molar-refractivity contribution is 5.94. The lowest BCUT2D eigenvalue weighted by molar-refractivity contribution is 0.0952. The molecule has 0 fully saturated rings. The van der Waals surface area contributed by atoms with E-state index in [2.05, 4.69) is 15.3 Å². The maximum atomic E-state index is 12.1. The van der Waals surface area contributed by atoms with Gasteiger partial charge in [0.2, 0.25) is 0 Å². The molecule has 2 heterocycles. The quantitative estimate of drug-likeness (QED) is 0.862. The van der Waals surface area contributed by atoms with Crippen LogP contribution in [0.5, 0.6) is 0 Å². The van der Waals surface area contributed by atoms with Crippen LogP contribution in [0.2, 0.25) is 0 Å². The number of aromatic nitrogens is 3. The number of nitrogens with zero attached hydrogens (tertiary/aromatic N) is 3. The summed E-state index contributed by atoms with van der Waals surface area (Å²) in [5.74, 6) is 0.466. The fourth-order valence-electron chi connectivity index (χ4n) is 1.82. The first-order chi connectivity index (χ1) is 9.56. The van der Waals surface area contributed by atoms with E-state index in [4.69, 9.17) is 5.73 Å². The summed E-state index contributed by atoms with van der Waals surface area (Å²) in [5.41, 5.74) is 7.11. The van der Waals surface area contributed by atoms with Crippen molar-refractivity contribution in [1.29, 1.82) is 0 Å². The number of anilines is 1. The summed E-state index contributed by atoms with van der Waals surface area (Å²) >= 11 is 0. The number of rotatable bonds is 5. The summed E-state index contributed by atoms with van der Waals surface area (Å²) < 4.78 is 1.90. The lowest BCUT2D eigenvalue weighted by Gasteiger charge is -2.10. The van der Waals surface area contributed by atoms with Crippen molar-refractivity contribution in [3.05, 3.63) is 42.1 Å². The molecule has 2 aromatic rings. The predicted molar refractivity (Wildman–Crippen MR) is 77.3 cm³/mol. The monoisotopic (exact) mass is 273 g/mol. The van der Waals surface area contributed by atoms with Gasteiger partial charge >= 0.3 is 0 Å². The first-order valence-corrected chi connectivity index (χ1v) is 6.57. The second-order valence-electron chi connectivity index (χ2n) is 4.92. The number of amides is 1. The SMILES string of the molecule is CC(C)c1cc(C(=O)NCCn2ccnc2)cc(N)n1. The minimum atomic E-state index is -0.138. The maximum absolute atomic E-state index is 12.1. The van der Waals surface area contributed by atoms with Gasteiger partial charge in [0.15, 0.2) is 0 Å². The number of pyridine rings is 1. The Balaban J connectivity index is 1.98. The van der Waals surface area contributed by atoms with Crippen molar-refractivity contribution in [1.82, 2.24) is 19.9 Å². The molecule has 0 spiro atoms. The fourth-order valence-corrected chi connectivity index (χ4v) is 1.82. The van der Waals surface area contributed by atoms with E-state index in [0.717, 1.165) is 5.69 Å². The Morgan fingerprint density at radius 3 is 2.90 bits per heavy atom. The number of nitrogens with one attached hydrogen (secondary N) is 1. The van der Waals surface area contributed by atoms with Gasteiger partial charge in [0.25, 0.3) is 5.91 Å². The smallest absolute Gasteiger partial charge is 0.251 e. The predicted octanol–water partition coefficient (Wildman–Crippen LogP) is 1.41. The molecule has 1 amide bonds. The average Bonchev–Trinajstić information content (AvgIpc) is 2.91. The molecule has 0 saturated carbocycles. The Kier molecular flexibility index (Phi) is 4.34. The molecule has 3 N–H and O–H groups in total. The summed E-state index contributed by atoms with van der Waals surface area (Å²) in [6, 6.07) is 3.38. The van der Waals surface area contributed by atoms with Gasteiger partial charge in [-0.15, -0.1) is 0 Å². The van der Waals surface area contributed by atoms with Crippen molar-refractivity contribution in [2.75, 3.05) is 12.3 Å². The van der Waals surface area contributed by atoms with E-state index < -0.39 is 0 Å². The van der Waals surface area contributed by atoms with Crippen LogP contribution in [0, 0.1) is 0 Å². The molecule has 0 aromatic carbocycles. The molecule has 6 heteroatoms. The van der Waals surface area contributed by atoms with Crippen LogP contribution in [0.1, 0.15) is 35.8 Å². The third-order valence-electron chi connectivity index (χ3n) is 2.93. The first-order valence-electron chi connectivity index (χ1n) is 6.57. The number of nitrogens with two attached hydrogens (primary N) is 1. The molecular weight excluding hydrogens is 254 g/mol. The number of carbonyl (C=O) groups is 1. The lowest BCUT2D eigenvalue weighted by atomic mass is 10.1. The number of carbonyl (C=O) groups excluding carboxylic acids is 1. The van der Waals surface area contributed by atoms with Gasteiger partial charge in [-0.2, -0.15) is 0 Å². The van der Waals surface area contributed by atoms with Crippen molar-refractivity contribution in [2.45, 2.75) is 26.3 Å². The Hall–Kier alpha value is -2.37. The van der Waals surface area contributed by atoms with Crippen LogP contribution in [-0.4, -0.2) is 27.0 Å². The third kappa shape index (κ3) is 3.57. The van der Waals surface area contributed by atoms with Gasteiger partial charge < -0.3 is 15.6 Å². The number of hydrogen-bond donors (Lipinski definition) is 2. The molecule has 6 nitrogen and oxygen atoms in total. The summed E-state index contributed by atoms with van der Waals surface area (Å²) in [4.78, 5) is 20.2. The molecule has 0 aliphatic rings. The minimum Gasteiger partial charge on any atom is -0.384 e. The summed E-state index contributed by atoms with van der Waals surface area (Å²) in [6.07, 6.45) is 5.28. The van der Waals surface area contributed by atoms with E-state index in [9.17, 15) is 4.79 Å². The molecular formula is C14H19N5O. The second-order valence-corrected chi connectivity index (χ2v) is 4.92. The van der Waals surface area contributed by atoms with Crippen LogP contribution in [0.4, 0.5) is 5.82 Å². The molecule has 0 aliphatic carbocycles. The molecule has 20 heavy (non-hydrogen) atoms. The lowest BCUT2D eigenvalue weighted by Crippen LogP contribution is -2.27. The van der Waals surface area contributed by atoms with Crippen LogP contribution < -0.4 is 11.1 Å². The van der Waals surface area contributed by atoms with Crippen LogP contribution >= 0.6 is 0 Å². The van der Waals surface area contributed by atoms with Crippen LogP contribution in [0.3, 0.4) is 0 Å². The molecule has 0 bridgehead atoms. The van der Waals surface area contributed by atoms with Gasteiger partial charge in [0.1, 0.15) is 5.82 Å². The van der Waals surface area contributed by atoms with Crippen LogP contribution in [-0.2, 0) is 6.54 Å². The number of imidazole rings is 1. The van der Waals surface area contributed by atoms with Crippen molar-refractivity contribution in [3.8, 4) is 0 Å². The summed E-state index contributed by atoms with van der Waals surface area (Å²) in [6.45, 7) is 5.25. The Labute approximate surface area is 118 Å². The van der Waals surface area contributed by atoms with Gasteiger partial charge in [0, 0.05) is 36.7 Å². The Morgan fingerprint density at radius 2 is 2.25 bits per heavy atom. The van der Waals surface area contributed by atoms with Crippen LogP contribution in [0.15, 0.2) is 30.9 Å². The van der Waals surface area contributed by atoms with E-state index in [1.54, 1.807) is 24.7 Å². The first kappa shape index (κ1) is 14.0. The average molecular weight is 273 g/mol. The van der Waals surface area contributed by atoms with Gasteiger partial charge in [-0.05, 0) is 18.1 Å². The zero-order chi connectivity index (χ0) is 14.5. The van der Waals surface area contributed by atoms with Gasteiger partial charge in [-0.25, -0.2) is 9.97 Å². The molecule has 0 aliphatic heterocycles. The highest BCUT2D eigenvalue weighted by Gasteiger charge is 2.10. The summed E-state index contributed by atoms with van der Waals surface area (Å²) in [7, 11) is 0. The highest BCUT2D eigenvalue weighted by atomic mass is 16.1. The van der Waals surface area contributed by atoms with Gasteiger partial charge in [-0.3, -0.25) is 4.79 Å². The Morgan fingerprint density at radius 1 is 1.45 bits per heavy atom. The van der Waals surface area contributed by atoms with Gasteiger partial charge in [-0.1, -0.05) is 13.8 Å². The third-order valence-corrected chi connectivity index (χ3v) is 2.93. The molecule has 0 saturated heterocycles. The van der Waals surface area contributed by atoms with Crippen molar-refractivity contribution in [2.24, 2.45) is 0 Å². The largest absolute Gasteiger partial charge is 0.384 e. The zero-order valence-electron chi connectivity index (χ0n) is 11.7. The van der Waals surface area contributed by atoms with E-state index >= 15 is 0 Å². The maximum Gasteiger partial charge on any atom is 0.251 e. The fraction of sp³-hybridized carbons (Fsp3) is 0.357. The highest BCUT2D eigenvalue weighted by Crippen LogP contribution is 2.15. The molecule has 0 unspecified atom stereocenters. The normalized spacial score (nSPS) is 10.8.